The highest BCUT2D eigenvalue weighted by atomic mass is 16.5. The van der Waals surface area contributed by atoms with Crippen molar-refractivity contribution in [2.45, 2.75) is 51.8 Å². The van der Waals surface area contributed by atoms with Gasteiger partial charge in [-0.15, -0.1) is 0 Å². The van der Waals surface area contributed by atoms with Crippen LogP contribution in [0.25, 0.3) is 0 Å². The molecule has 0 saturated carbocycles. The number of ketones is 1. The van der Waals surface area contributed by atoms with Crippen LogP contribution in [0.5, 0.6) is 0 Å². The molecule has 3 atom stereocenters. The molecule has 2 unspecified atom stereocenters. The van der Waals surface area contributed by atoms with Crippen molar-refractivity contribution in [2.75, 3.05) is 32.1 Å². The first-order valence-corrected chi connectivity index (χ1v) is 11.9. The van der Waals surface area contributed by atoms with Crippen molar-refractivity contribution < 1.29 is 19.4 Å². The summed E-state index contributed by atoms with van der Waals surface area (Å²) < 4.78 is 5.11. The molecule has 0 spiro atoms. The second-order valence-electron chi connectivity index (χ2n) is 9.66. The molecule has 2 aromatic carbocycles. The summed E-state index contributed by atoms with van der Waals surface area (Å²) in [6.07, 6.45) is 0.356. The Morgan fingerprint density at radius 2 is 1.94 bits per heavy atom. The van der Waals surface area contributed by atoms with Gasteiger partial charge in [0, 0.05) is 49.8 Å². The fourth-order valence-electron chi connectivity index (χ4n) is 4.54. The third kappa shape index (κ3) is 6.65. The fraction of sp³-hybridized carbons (Fsp3) is 0.481. The number of rotatable bonds is 11. The van der Waals surface area contributed by atoms with E-state index in [1.54, 1.807) is 7.11 Å². The highest BCUT2D eigenvalue weighted by molar-refractivity contribution is 6.03. The molecule has 7 nitrogen and oxygen atoms in total. The van der Waals surface area contributed by atoms with E-state index in [4.69, 9.17) is 4.74 Å². The fourth-order valence-corrected chi connectivity index (χ4v) is 4.54. The number of Topliss-reactive ketones (excluding diaryl/α,β-unsaturated/α-hetero) is 1. The Balaban J connectivity index is 1.76. The third-order valence-corrected chi connectivity index (χ3v) is 6.36. The number of methoxy groups -OCH3 is 1. The number of carbonyl (C=O) groups excluding carboxylic acids is 2. The van der Waals surface area contributed by atoms with Crippen LogP contribution in [-0.2, 0) is 16.0 Å². The van der Waals surface area contributed by atoms with Gasteiger partial charge >= 0.3 is 0 Å². The van der Waals surface area contributed by atoms with Crippen LogP contribution in [-0.4, -0.2) is 55.7 Å². The van der Waals surface area contributed by atoms with E-state index >= 15 is 0 Å². The summed E-state index contributed by atoms with van der Waals surface area (Å²) in [5.41, 5.74) is 3.10. The van der Waals surface area contributed by atoms with Crippen LogP contribution >= 0.6 is 0 Å². The minimum absolute atomic E-state index is 0.101. The first-order chi connectivity index (χ1) is 16.2. The van der Waals surface area contributed by atoms with Crippen LogP contribution in [0.1, 0.15) is 54.7 Å². The Labute approximate surface area is 202 Å². The van der Waals surface area contributed by atoms with Crippen LogP contribution in [0.4, 0.5) is 5.69 Å². The van der Waals surface area contributed by atoms with Crippen molar-refractivity contribution in [3.8, 4) is 0 Å². The molecule has 34 heavy (non-hydrogen) atoms. The maximum atomic E-state index is 13.1. The molecular weight excluding hydrogens is 430 g/mol. The molecule has 2 aromatic rings. The number of ether oxygens (including phenoxy) is 1. The lowest BCUT2D eigenvalue weighted by Gasteiger charge is -2.37. The molecule has 3 rings (SSSR count). The Hall–Kier alpha value is -2.74. The largest absolute Gasteiger partial charge is 0.390 e. The topological polar surface area (TPSA) is 99.7 Å². The second kappa shape index (κ2) is 11.6. The van der Waals surface area contributed by atoms with E-state index in [0.717, 1.165) is 16.8 Å². The van der Waals surface area contributed by atoms with Gasteiger partial charge in [-0.05, 0) is 42.2 Å². The molecule has 184 valence electrons. The number of nitrogens with one attached hydrogen (secondary N) is 3. The molecule has 1 aliphatic carbocycles. The third-order valence-electron chi connectivity index (χ3n) is 6.36. The van der Waals surface area contributed by atoms with Gasteiger partial charge in [0.05, 0.1) is 18.8 Å². The van der Waals surface area contributed by atoms with Gasteiger partial charge < -0.3 is 25.8 Å². The highest BCUT2D eigenvalue weighted by Crippen LogP contribution is 2.41. The Bertz CT molecular complexity index is 977. The molecule has 1 aliphatic rings. The molecule has 0 bridgehead atoms. The number of fused-ring (bicyclic) bond motifs is 1. The standard InChI is InChI=1S/C27H37N3O4/c1-18(31)30-23(14-19-8-6-5-7-9-19)25(32)17-29-24-16-27(2,3)26(33)21-11-10-20(15-22(21)24)28-12-13-34-4/h5-11,15,23-25,28-29,32H,12-14,16-17H2,1-4H3,(H,30,31)/t23?,24-,25?/m0/s1. The molecule has 0 saturated heterocycles. The number of benzene rings is 2. The van der Waals surface area contributed by atoms with Gasteiger partial charge in [0.25, 0.3) is 0 Å². The van der Waals surface area contributed by atoms with E-state index in [-0.39, 0.29) is 24.3 Å². The summed E-state index contributed by atoms with van der Waals surface area (Å²) in [7, 11) is 1.66. The molecule has 1 amide bonds. The van der Waals surface area contributed by atoms with Crippen molar-refractivity contribution in [2.24, 2.45) is 5.41 Å². The van der Waals surface area contributed by atoms with Crippen LogP contribution in [0.2, 0.25) is 0 Å². The smallest absolute Gasteiger partial charge is 0.217 e. The van der Waals surface area contributed by atoms with E-state index in [9.17, 15) is 14.7 Å². The molecule has 0 aliphatic heterocycles. The number of aliphatic hydroxyl groups is 1. The van der Waals surface area contributed by atoms with Crippen molar-refractivity contribution in [1.82, 2.24) is 10.6 Å². The summed E-state index contributed by atoms with van der Waals surface area (Å²) >= 11 is 0. The Morgan fingerprint density at radius 3 is 2.62 bits per heavy atom. The zero-order chi connectivity index (χ0) is 24.7. The molecule has 7 heteroatoms. The van der Waals surface area contributed by atoms with Crippen LogP contribution in [0.3, 0.4) is 0 Å². The van der Waals surface area contributed by atoms with Crippen molar-refractivity contribution >= 4 is 17.4 Å². The second-order valence-corrected chi connectivity index (χ2v) is 9.66. The van der Waals surface area contributed by atoms with Gasteiger partial charge in [0.15, 0.2) is 5.78 Å². The van der Waals surface area contributed by atoms with E-state index in [1.807, 2.05) is 62.4 Å². The van der Waals surface area contributed by atoms with Gasteiger partial charge in [0.1, 0.15) is 0 Å². The lowest BCUT2D eigenvalue weighted by Crippen LogP contribution is -2.49. The Kier molecular flexibility index (Phi) is 8.83. The van der Waals surface area contributed by atoms with E-state index < -0.39 is 17.6 Å². The van der Waals surface area contributed by atoms with E-state index in [0.29, 0.717) is 31.6 Å². The maximum Gasteiger partial charge on any atom is 0.217 e. The Morgan fingerprint density at radius 1 is 1.21 bits per heavy atom. The summed E-state index contributed by atoms with van der Waals surface area (Å²) in [6, 6.07) is 15.1. The highest BCUT2D eigenvalue weighted by Gasteiger charge is 2.39. The minimum Gasteiger partial charge on any atom is -0.390 e. The minimum atomic E-state index is -0.795. The lowest BCUT2D eigenvalue weighted by atomic mass is 9.71. The number of anilines is 1. The van der Waals surface area contributed by atoms with Crippen LogP contribution in [0.15, 0.2) is 48.5 Å². The molecule has 0 radical (unpaired) electrons. The number of carbonyl (C=O) groups is 2. The van der Waals surface area contributed by atoms with E-state index in [2.05, 4.69) is 16.0 Å². The monoisotopic (exact) mass is 467 g/mol. The zero-order valence-electron chi connectivity index (χ0n) is 20.6. The van der Waals surface area contributed by atoms with Gasteiger partial charge in [-0.2, -0.15) is 0 Å². The lowest BCUT2D eigenvalue weighted by molar-refractivity contribution is -0.120. The van der Waals surface area contributed by atoms with Crippen molar-refractivity contribution in [3.05, 3.63) is 65.2 Å². The normalized spacial score (nSPS) is 18.6. The molecule has 0 aromatic heterocycles. The van der Waals surface area contributed by atoms with E-state index in [1.165, 1.54) is 6.92 Å². The summed E-state index contributed by atoms with van der Waals surface area (Å²) in [5, 5.41) is 20.7. The summed E-state index contributed by atoms with van der Waals surface area (Å²) in [5.74, 6) is -0.0498. The van der Waals surface area contributed by atoms with Crippen LogP contribution in [0, 0.1) is 5.41 Å². The van der Waals surface area contributed by atoms with Crippen LogP contribution < -0.4 is 16.0 Å². The zero-order valence-corrected chi connectivity index (χ0v) is 20.6. The average Bonchev–Trinajstić information content (AvgIpc) is 2.80. The first kappa shape index (κ1) is 25.9. The van der Waals surface area contributed by atoms with Gasteiger partial charge in [-0.25, -0.2) is 0 Å². The number of hydrogen-bond acceptors (Lipinski definition) is 6. The predicted molar refractivity (Wildman–Crippen MR) is 134 cm³/mol. The summed E-state index contributed by atoms with van der Waals surface area (Å²) in [4.78, 5) is 24.9. The quantitative estimate of drug-likeness (QED) is 0.379. The average molecular weight is 468 g/mol. The number of aliphatic hydroxyl groups excluding tert-OH is 1. The van der Waals surface area contributed by atoms with Gasteiger partial charge in [-0.3, -0.25) is 9.59 Å². The van der Waals surface area contributed by atoms with Gasteiger partial charge in [0.2, 0.25) is 5.91 Å². The molecule has 0 heterocycles. The summed E-state index contributed by atoms with van der Waals surface area (Å²) in [6.45, 7) is 6.93. The number of amides is 1. The number of hydrogen-bond donors (Lipinski definition) is 4. The molecular formula is C27H37N3O4. The molecule has 0 fully saturated rings. The first-order valence-electron chi connectivity index (χ1n) is 11.9. The molecule has 4 N–H and O–H groups in total. The van der Waals surface area contributed by atoms with Gasteiger partial charge in [-0.1, -0.05) is 44.2 Å². The van der Waals surface area contributed by atoms with Crippen molar-refractivity contribution in [3.63, 3.8) is 0 Å². The predicted octanol–water partition coefficient (Wildman–Crippen LogP) is 3.10. The maximum absolute atomic E-state index is 13.1. The SMILES string of the molecule is COCCNc1ccc2c(c1)[C@@H](NCC(O)C(Cc1ccccc1)NC(C)=O)CC(C)(C)C2=O. The van der Waals surface area contributed by atoms with Crippen molar-refractivity contribution in [1.29, 1.82) is 0 Å².